The first-order valence-electron chi connectivity index (χ1n) is 6.64. The van der Waals surface area contributed by atoms with Gasteiger partial charge in [-0.1, -0.05) is 0 Å². The highest BCUT2D eigenvalue weighted by Crippen LogP contribution is 2.29. The van der Waals surface area contributed by atoms with Crippen LogP contribution in [0.1, 0.15) is 44.0 Å². The maximum atomic E-state index is 12.1. The quantitative estimate of drug-likeness (QED) is 0.816. The van der Waals surface area contributed by atoms with Gasteiger partial charge in [-0.3, -0.25) is 9.48 Å². The second kappa shape index (κ2) is 5.48. The number of carbonyl (C=O) groups excluding carboxylic acids is 1. The minimum atomic E-state index is -1.07. The van der Waals surface area contributed by atoms with E-state index in [0.29, 0.717) is 0 Å². The van der Waals surface area contributed by atoms with E-state index in [1.54, 1.807) is 6.20 Å². The van der Waals surface area contributed by atoms with Crippen molar-refractivity contribution in [2.24, 2.45) is 7.05 Å². The molecular formula is C14H19N3O3. The summed E-state index contributed by atoms with van der Waals surface area (Å²) in [6.07, 6.45) is 4.58. The minimum Gasteiger partial charge on any atom is -0.478 e. The number of aryl methyl sites for hydroxylation is 1. The topological polar surface area (TPSA) is 84.2 Å². The molecule has 6 heteroatoms. The van der Waals surface area contributed by atoms with E-state index < -0.39 is 5.97 Å². The van der Waals surface area contributed by atoms with E-state index in [4.69, 9.17) is 5.11 Å². The van der Waals surface area contributed by atoms with Crippen LogP contribution in [0.4, 0.5) is 0 Å². The lowest BCUT2D eigenvalue weighted by Crippen LogP contribution is -2.32. The fourth-order valence-electron chi connectivity index (χ4n) is 2.45. The van der Waals surface area contributed by atoms with Crippen LogP contribution in [-0.2, 0) is 23.1 Å². The van der Waals surface area contributed by atoms with E-state index >= 15 is 0 Å². The van der Waals surface area contributed by atoms with Gasteiger partial charge in [-0.05, 0) is 33.1 Å². The Hall–Kier alpha value is -2.11. The maximum absolute atomic E-state index is 12.1. The van der Waals surface area contributed by atoms with Crippen LogP contribution in [0.15, 0.2) is 17.3 Å². The Labute approximate surface area is 117 Å². The summed E-state index contributed by atoms with van der Waals surface area (Å²) in [6.45, 7) is 2.97. The number of hydrogen-bond acceptors (Lipinski definition) is 3. The molecule has 0 bridgehead atoms. The zero-order chi connectivity index (χ0) is 14.9. The zero-order valence-electron chi connectivity index (χ0n) is 11.9. The second-order valence-corrected chi connectivity index (χ2v) is 5.14. The highest BCUT2D eigenvalue weighted by molar-refractivity contribution is 6.01. The Balaban J connectivity index is 2.18. The molecular weight excluding hydrogens is 258 g/mol. The molecule has 2 N–H and O–H groups in total. The van der Waals surface area contributed by atoms with Gasteiger partial charge in [0.2, 0.25) is 5.91 Å². The zero-order valence-corrected chi connectivity index (χ0v) is 11.9. The molecule has 1 aromatic heterocycles. The van der Waals surface area contributed by atoms with Crippen LogP contribution in [0.2, 0.25) is 0 Å². The van der Waals surface area contributed by atoms with Gasteiger partial charge in [0.05, 0.1) is 12.2 Å². The highest BCUT2D eigenvalue weighted by atomic mass is 16.4. The Bertz CT molecular complexity index is 586. The number of fused-ring (bicyclic) bond motifs is 1. The van der Waals surface area contributed by atoms with E-state index in [2.05, 4.69) is 10.4 Å². The van der Waals surface area contributed by atoms with Gasteiger partial charge in [0.25, 0.3) is 0 Å². The molecule has 1 heterocycles. The average Bonchev–Trinajstić information content (AvgIpc) is 2.80. The third kappa shape index (κ3) is 2.59. The number of carbonyl (C=O) groups is 2. The lowest BCUT2D eigenvalue weighted by molar-refractivity contribution is -0.133. The lowest BCUT2D eigenvalue weighted by atomic mass is 9.92. The molecule has 1 atom stereocenters. The molecule has 1 aliphatic rings. The molecule has 0 saturated heterocycles. The van der Waals surface area contributed by atoms with Crippen LogP contribution in [0, 0.1) is 0 Å². The summed E-state index contributed by atoms with van der Waals surface area (Å²) >= 11 is 0. The minimum absolute atomic E-state index is 0.0738. The summed E-state index contributed by atoms with van der Waals surface area (Å²) in [5, 5.41) is 16.1. The van der Waals surface area contributed by atoms with Gasteiger partial charge in [0, 0.05) is 29.5 Å². The predicted octanol–water partition coefficient (Wildman–Crippen LogP) is 1.33. The Morgan fingerprint density at radius 3 is 2.75 bits per heavy atom. The summed E-state index contributed by atoms with van der Waals surface area (Å²) < 4.78 is 1.83. The molecule has 0 spiro atoms. The first kappa shape index (κ1) is 14.3. The third-order valence-corrected chi connectivity index (χ3v) is 3.90. The van der Waals surface area contributed by atoms with Crippen molar-refractivity contribution in [3.05, 3.63) is 28.6 Å². The van der Waals surface area contributed by atoms with Gasteiger partial charge in [-0.2, -0.15) is 5.10 Å². The Kier molecular flexibility index (Phi) is 3.92. The lowest BCUT2D eigenvalue weighted by Gasteiger charge is -2.24. The number of carboxylic acid groups (broad SMARTS) is 1. The van der Waals surface area contributed by atoms with Gasteiger partial charge in [-0.15, -0.1) is 0 Å². The summed E-state index contributed by atoms with van der Waals surface area (Å²) in [5.41, 5.74) is 2.49. The van der Waals surface area contributed by atoms with Crippen molar-refractivity contribution in [3.63, 3.8) is 0 Å². The van der Waals surface area contributed by atoms with Gasteiger partial charge in [0.15, 0.2) is 0 Å². The number of aliphatic carboxylic acids is 1. The normalized spacial score (nSPS) is 19.1. The van der Waals surface area contributed by atoms with Gasteiger partial charge >= 0.3 is 5.97 Å². The molecule has 0 saturated carbocycles. The van der Waals surface area contributed by atoms with Crippen LogP contribution in [0.25, 0.3) is 0 Å². The summed E-state index contributed by atoms with van der Waals surface area (Å²) in [5.74, 6) is -1.39. The number of hydrogen-bond donors (Lipinski definition) is 2. The van der Waals surface area contributed by atoms with Gasteiger partial charge in [-0.25, -0.2) is 4.79 Å². The molecule has 0 aromatic carbocycles. The van der Waals surface area contributed by atoms with E-state index in [-0.39, 0.29) is 23.1 Å². The van der Waals surface area contributed by atoms with Crippen LogP contribution < -0.4 is 5.32 Å². The van der Waals surface area contributed by atoms with E-state index in [0.717, 1.165) is 30.5 Å². The first-order chi connectivity index (χ1) is 9.41. The number of nitrogens with one attached hydrogen (secondary N) is 1. The van der Waals surface area contributed by atoms with Crippen molar-refractivity contribution in [3.8, 4) is 0 Å². The van der Waals surface area contributed by atoms with E-state index in [1.165, 1.54) is 13.8 Å². The fourth-order valence-corrected chi connectivity index (χ4v) is 2.45. The second-order valence-electron chi connectivity index (χ2n) is 5.14. The number of carboxylic acids is 1. The van der Waals surface area contributed by atoms with Crippen molar-refractivity contribution in [2.75, 3.05) is 0 Å². The van der Waals surface area contributed by atoms with Crippen molar-refractivity contribution < 1.29 is 14.7 Å². The molecule has 1 aromatic rings. The highest BCUT2D eigenvalue weighted by Gasteiger charge is 2.25. The summed E-state index contributed by atoms with van der Waals surface area (Å²) in [4.78, 5) is 23.0. The molecule has 0 fully saturated rings. The standard InChI is InChI=1S/C14H19N3O3/c1-8(9(2)14(19)20)13(18)16-11-5-4-6-12-10(11)7-15-17(12)3/h7,11H,4-6H2,1-3H3,(H,16,18)(H,19,20). The molecule has 2 rings (SSSR count). The van der Waals surface area contributed by atoms with Gasteiger partial charge in [0.1, 0.15) is 0 Å². The molecule has 6 nitrogen and oxygen atoms in total. The van der Waals surface area contributed by atoms with Crippen LogP contribution >= 0.6 is 0 Å². The van der Waals surface area contributed by atoms with Crippen LogP contribution in [0.3, 0.4) is 0 Å². The molecule has 1 amide bonds. The number of amides is 1. The Morgan fingerprint density at radius 2 is 2.10 bits per heavy atom. The van der Waals surface area contributed by atoms with E-state index in [9.17, 15) is 9.59 Å². The smallest absolute Gasteiger partial charge is 0.331 e. The fraction of sp³-hybridized carbons (Fsp3) is 0.500. The van der Waals surface area contributed by atoms with Crippen molar-refractivity contribution >= 4 is 11.9 Å². The van der Waals surface area contributed by atoms with Crippen LogP contribution in [0.5, 0.6) is 0 Å². The Morgan fingerprint density at radius 1 is 1.40 bits per heavy atom. The molecule has 0 radical (unpaired) electrons. The van der Waals surface area contributed by atoms with Gasteiger partial charge < -0.3 is 10.4 Å². The first-order valence-corrected chi connectivity index (χ1v) is 6.64. The average molecular weight is 277 g/mol. The molecule has 1 unspecified atom stereocenters. The number of rotatable bonds is 3. The largest absolute Gasteiger partial charge is 0.478 e. The molecule has 0 aliphatic heterocycles. The van der Waals surface area contributed by atoms with Crippen LogP contribution in [-0.4, -0.2) is 26.8 Å². The predicted molar refractivity (Wildman–Crippen MR) is 73.0 cm³/mol. The van der Waals surface area contributed by atoms with Crippen molar-refractivity contribution in [2.45, 2.75) is 39.2 Å². The maximum Gasteiger partial charge on any atom is 0.331 e. The third-order valence-electron chi connectivity index (χ3n) is 3.90. The number of aromatic nitrogens is 2. The SMILES string of the molecule is CC(C(=O)O)=C(C)C(=O)NC1CCCc2c1cnn2C. The van der Waals surface area contributed by atoms with E-state index in [1.807, 2.05) is 11.7 Å². The number of nitrogens with zero attached hydrogens (tertiary/aromatic N) is 2. The molecule has 20 heavy (non-hydrogen) atoms. The summed E-state index contributed by atoms with van der Waals surface area (Å²) in [7, 11) is 1.89. The monoisotopic (exact) mass is 277 g/mol. The molecule has 108 valence electrons. The molecule has 1 aliphatic carbocycles. The summed E-state index contributed by atoms with van der Waals surface area (Å²) in [6, 6.07) is -0.0866. The van der Waals surface area contributed by atoms with Crippen molar-refractivity contribution in [1.82, 2.24) is 15.1 Å². The van der Waals surface area contributed by atoms with Crippen molar-refractivity contribution in [1.29, 1.82) is 0 Å².